The summed E-state index contributed by atoms with van der Waals surface area (Å²) in [6.07, 6.45) is 0.0497. The van der Waals surface area contributed by atoms with Crippen LogP contribution in [-0.4, -0.2) is 13.2 Å². The normalized spacial score (nSPS) is 29.1. The van der Waals surface area contributed by atoms with E-state index in [1.54, 1.807) is 11.3 Å². The molecule has 0 saturated carbocycles. The first kappa shape index (κ1) is 9.46. The average molecular weight is 218 g/mol. The molecule has 2 heterocycles. The molecular formula is C9H12ClNOS. The molecule has 1 aromatic heterocycles. The van der Waals surface area contributed by atoms with Crippen LogP contribution in [0.15, 0.2) is 12.1 Å². The lowest BCUT2D eigenvalue weighted by Gasteiger charge is -2.27. The van der Waals surface area contributed by atoms with Gasteiger partial charge in [0.25, 0.3) is 0 Å². The maximum Gasteiger partial charge on any atom is 0.143 e. The summed E-state index contributed by atoms with van der Waals surface area (Å²) in [7, 11) is 0. The SMILES string of the molecule is CC1CNC(c2ccc(Cl)s2)OC1. The van der Waals surface area contributed by atoms with Gasteiger partial charge in [-0.15, -0.1) is 11.3 Å². The van der Waals surface area contributed by atoms with Gasteiger partial charge in [0.1, 0.15) is 6.23 Å². The quantitative estimate of drug-likeness (QED) is 0.781. The third kappa shape index (κ3) is 2.23. The van der Waals surface area contributed by atoms with E-state index in [4.69, 9.17) is 16.3 Å². The molecule has 1 saturated heterocycles. The fraction of sp³-hybridized carbons (Fsp3) is 0.556. The van der Waals surface area contributed by atoms with Gasteiger partial charge in [-0.05, 0) is 18.1 Å². The molecule has 1 aliphatic heterocycles. The van der Waals surface area contributed by atoms with Crippen LogP contribution in [0.5, 0.6) is 0 Å². The van der Waals surface area contributed by atoms with Gasteiger partial charge in [-0.3, -0.25) is 5.32 Å². The minimum absolute atomic E-state index is 0.0497. The van der Waals surface area contributed by atoms with Crippen LogP contribution in [0.1, 0.15) is 18.0 Å². The Morgan fingerprint density at radius 3 is 3.00 bits per heavy atom. The van der Waals surface area contributed by atoms with Gasteiger partial charge >= 0.3 is 0 Å². The summed E-state index contributed by atoms with van der Waals surface area (Å²) in [5.41, 5.74) is 0. The summed E-state index contributed by atoms with van der Waals surface area (Å²) in [5.74, 6) is 0.603. The third-order valence-electron chi connectivity index (χ3n) is 2.05. The maximum absolute atomic E-state index is 5.84. The van der Waals surface area contributed by atoms with Gasteiger partial charge in [0.15, 0.2) is 0 Å². The first-order valence-electron chi connectivity index (χ1n) is 4.36. The average Bonchev–Trinajstić information content (AvgIpc) is 2.53. The highest BCUT2D eigenvalue weighted by Crippen LogP contribution is 2.29. The molecule has 0 radical (unpaired) electrons. The summed E-state index contributed by atoms with van der Waals surface area (Å²) in [4.78, 5) is 1.16. The van der Waals surface area contributed by atoms with Crippen molar-refractivity contribution in [2.45, 2.75) is 13.2 Å². The zero-order valence-corrected chi connectivity index (χ0v) is 8.99. The van der Waals surface area contributed by atoms with Crippen LogP contribution < -0.4 is 5.32 Å². The monoisotopic (exact) mass is 217 g/mol. The minimum Gasteiger partial charge on any atom is -0.358 e. The van der Waals surface area contributed by atoms with Gasteiger partial charge in [-0.25, -0.2) is 0 Å². The molecule has 1 aliphatic rings. The van der Waals surface area contributed by atoms with Crippen LogP contribution in [0.2, 0.25) is 4.34 Å². The molecule has 0 aliphatic carbocycles. The fourth-order valence-electron chi connectivity index (χ4n) is 1.34. The van der Waals surface area contributed by atoms with E-state index in [9.17, 15) is 0 Å². The predicted octanol–water partition coefficient (Wildman–Crippen LogP) is 2.66. The van der Waals surface area contributed by atoms with Gasteiger partial charge in [-0.2, -0.15) is 0 Å². The van der Waals surface area contributed by atoms with Crippen molar-refractivity contribution >= 4 is 22.9 Å². The lowest BCUT2D eigenvalue weighted by Crippen LogP contribution is -2.36. The summed E-state index contributed by atoms with van der Waals surface area (Å²) in [6, 6.07) is 3.92. The summed E-state index contributed by atoms with van der Waals surface area (Å²) >= 11 is 7.42. The zero-order valence-electron chi connectivity index (χ0n) is 7.42. The minimum atomic E-state index is 0.0497. The van der Waals surface area contributed by atoms with E-state index >= 15 is 0 Å². The molecule has 13 heavy (non-hydrogen) atoms. The van der Waals surface area contributed by atoms with Crippen molar-refractivity contribution in [3.63, 3.8) is 0 Å². The first-order chi connectivity index (χ1) is 6.25. The van der Waals surface area contributed by atoms with Gasteiger partial charge in [-0.1, -0.05) is 18.5 Å². The standard InChI is InChI=1S/C9H12ClNOS/c1-6-4-11-9(12-5-6)7-2-3-8(10)13-7/h2-3,6,9,11H,4-5H2,1H3. The smallest absolute Gasteiger partial charge is 0.143 e. The second-order valence-corrected chi connectivity index (χ2v) is 5.12. The van der Waals surface area contributed by atoms with Crippen LogP contribution in [0.25, 0.3) is 0 Å². The van der Waals surface area contributed by atoms with Crippen LogP contribution in [0.4, 0.5) is 0 Å². The van der Waals surface area contributed by atoms with Crippen molar-refractivity contribution in [3.8, 4) is 0 Å². The number of nitrogens with one attached hydrogen (secondary N) is 1. The van der Waals surface area contributed by atoms with E-state index in [-0.39, 0.29) is 6.23 Å². The van der Waals surface area contributed by atoms with E-state index in [1.807, 2.05) is 12.1 Å². The van der Waals surface area contributed by atoms with E-state index in [0.29, 0.717) is 5.92 Å². The second-order valence-electron chi connectivity index (χ2n) is 3.37. The Bertz CT molecular complexity index is 281. The number of hydrogen-bond acceptors (Lipinski definition) is 3. The van der Waals surface area contributed by atoms with E-state index < -0.39 is 0 Å². The van der Waals surface area contributed by atoms with Crippen LogP contribution >= 0.6 is 22.9 Å². The van der Waals surface area contributed by atoms with Crippen LogP contribution in [-0.2, 0) is 4.74 Å². The van der Waals surface area contributed by atoms with E-state index in [1.165, 1.54) is 0 Å². The molecule has 0 amide bonds. The van der Waals surface area contributed by atoms with Gasteiger partial charge in [0, 0.05) is 11.4 Å². The zero-order chi connectivity index (χ0) is 9.26. The Morgan fingerprint density at radius 2 is 2.46 bits per heavy atom. The maximum atomic E-state index is 5.84. The number of ether oxygens (including phenoxy) is 1. The molecule has 2 atom stereocenters. The lowest BCUT2D eigenvalue weighted by atomic mass is 10.2. The fourth-order valence-corrected chi connectivity index (χ4v) is 2.42. The molecule has 2 nitrogen and oxygen atoms in total. The number of rotatable bonds is 1. The highest BCUT2D eigenvalue weighted by molar-refractivity contribution is 7.16. The molecular weight excluding hydrogens is 206 g/mol. The molecule has 2 rings (SSSR count). The van der Waals surface area contributed by atoms with Crippen molar-refractivity contribution in [1.29, 1.82) is 0 Å². The summed E-state index contributed by atoms with van der Waals surface area (Å²) in [5, 5.41) is 3.33. The third-order valence-corrected chi connectivity index (χ3v) is 3.33. The molecule has 4 heteroatoms. The highest BCUT2D eigenvalue weighted by atomic mass is 35.5. The number of thiophene rings is 1. The summed E-state index contributed by atoms with van der Waals surface area (Å²) in [6.45, 7) is 4.01. The molecule has 0 bridgehead atoms. The lowest BCUT2D eigenvalue weighted by molar-refractivity contribution is -0.0233. The second kappa shape index (κ2) is 3.96. The Hall–Kier alpha value is -0.0900. The number of halogens is 1. The molecule has 1 N–H and O–H groups in total. The summed E-state index contributed by atoms with van der Waals surface area (Å²) < 4.78 is 6.45. The highest BCUT2D eigenvalue weighted by Gasteiger charge is 2.20. The Kier molecular flexibility index (Phi) is 2.89. The van der Waals surface area contributed by atoms with Crippen LogP contribution in [0, 0.1) is 5.92 Å². The topological polar surface area (TPSA) is 21.3 Å². The Balaban J connectivity index is 2.02. The first-order valence-corrected chi connectivity index (χ1v) is 5.55. The molecule has 1 aromatic rings. The van der Waals surface area contributed by atoms with Crippen molar-refractivity contribution in [2.24, 2.45) is 5.92 Å². The predicted molar refractivity (Wildman–Crippen MR) is 55.2 cm³/mol. The van der Waals surface area contributed by atoms with Gasteiger partial charge in [0.05, 0.1) is 10.9 Å². The van der Waals surface area contributed by atoms with E-state index in [2.05, 4.69) is 12.2 Å². The molecule has 72 valence electrons. The van der Waals surface area contributed by atoms with Gasteiger partial charge < -0.3 is 4.74 Å². The molecule has 1 fully saturated rings. The molecule has 0 aromatic carbocycles. The van der Waals surface area contributed by atoms with Crippen molar-refractivity contribution in [1.82, 2.24) is 5.32 Å². The van der Waals surface area contributed by atoms with Crippen molar-refractivity contribution < 1.29 is 4.74 Å². The van der Waals surface area contributed by atoms with E-state index in [0.717, 1.165) is 22.4 Å². The molecule has 2 unspecified atom stereocenters. The van der Waals surface area contributed by atoms with Gasteiger partial charge in [0.2, 0.25) is 0 Å². The molecule has 0 spiro atoms. The largest absolute Gasteiger partial charge is 0.358 e. The Morgan fingerprint density at radius 1 is 1.62 bits per heavy atom. The van der Waals surface area contributed by atoms with Crippen molar-refractivity contribution in [3.05, 3.63) is 21.3 Å². The van der Waals surface area contributed by atoms with Crippen LogP contribution in [0.3, 0.4) is 0 Å². The van der Waals surface area contributed by atoms with Crippen molar-refractivity contribution in [2.75, 3.05) is 13.2 Å². The Labute approximate surface area is 86.9 Å². The number of hydrogen-bond donors (Lipinski definition) is 1.